The van der Waals surface area contributed by atoms with E-state index in [4.69, 9.17) is 0 Å². The molecule has 2 aromatic rings. The summed E-state index contributed by atoms with van der Waals surface area (Å²) in [5.41, 5.74) is 2.80. The molecule has 0 radical (unpaired) electrons. The minimum absolute atomic E-state index is 0.00300. The third kappa shape index (κ3) is 4.02. The molecule has 1 atom stereocenters. The van der Waals surface area contributed by atoms with Gasteiger partial charge in [0.1, 0.15) is 0 Å². The number of carbonyl (C=O) groups excluding carboxylic acids is 2. The van der Waals surface area contributed by atoms with Crippen molar-refractivity contribution in [3.8, 4) is 0 Å². The fraction of sp³-hybridized carbons (Fsp3) is 0.364. The second kappa shape index (κ2) is 8.02. The van der Waals surface area contributed by atoms with Gasteiger partial charge in [-0.3, -0.25) is 9.59 Å². The van der Waals surface area contributed by atoms with Gasteiger partial charge in [0.25, 0.3) is 0 Å². The lowest BCUT2D eigenvalue weighted by Gasteiger charge is -2.34. The lowest BCUT2D eigenvalue weighted by Crippen LogP contribution is -2.44. The molecule has 28 heavy (non-hydrogen) atoms. The number of likely N-dealkylation sites (N-methyl/N-ethyl adjacent to an activating group) is 1. The average Bonchev–Trinajstić information content (AvgIpc) is 3.12. The van der Waals surface area contributed by atoms with Crippen molar-refractivity contribution in [1.29, 1.82) is 0 Å². The Balaban J connectivity index is 1.35. The molecular formula is C22H26N4O2. The molecule has 0 spiro atoms. The van der Waals surface area contributed by atoms with Crippen LogP contribution in [-0.4, -0.2) is 56.5 Å². The van der Waals surface area contributed by atoms with Crippen LogP contribution in [0.3, 0.4) is 0 Å². The third-order valence-electron chi connectivity index (χ3n) is 5.57. The molecule has 146 valence electrons. The first-order valence-corrected chi connectivity index (χ1v) is 9.80. The number of amides is 2. The highest BCUT2D eigenvalue weighted by Crippen LogP contribution is 2.26. The fourth-order valence-corrected chi connectivity index (χ4v) is 3.81. The Kier molecular flexibility index (Phi) is 5.30. The van der Waals surface area contributed by atoms with Crippen molar-refractivity contribution < 1.29 is 9.59 Å². The summed E-state index contributed by atoms with van der Waals surface area (Å²) in [4.78, 5) is 31.4. The molecule has 2 aliphatic heterocycles. The Morgan fingerprint density at radius 1 is 0.929 bits per heavy atom. The molecule has 2 amide bonds. The van der Waals surface area contributed by atoms with Crippen LogP contribution in [0.15, 0.2) is 54.6 Å². The monoisotopic (exact) mass is 378 g/mol. The van der Waals surface area contributed by atoms with Gasteiger partial charge in [-0.2, -0.15) is 0 Å². The van der Waals surface area contributed by atoms with Gasteiger partial charge in [-0.25, -0.2) is 0 Å². The summed E-state index contributed by atoms with van der Waals surface area (Å²) in [6, 6.07) is 17.5. The van der Waals surface area contributed by atoms with Crippen LogP contribution in [0.2, 0.25) is 0 Å². The second-order valence-corrected chi connectivity index (χ2v) is 7.57. The SMILES string of the molecule is CN1CCN(c2ccc(NC(=O)C3CC(=O)N(c4ccccc4)C3)cc2)CC1. The summed E-state index contributed by atoms with van der Waals surface area (Å²) in [6.45, 7) is 4.58. The summed E-state index contributed by atoms with van der Waals surface area (Å²) in [6.07, 6.45) is 0.250. The van der Waals surface area contributed by atoms with Crippen LogP contribution in [0.25, 0.3) is 0 Å². The van der Waals surface area contributed by atoms with E-state index in [9.17, 15) is 9.59 Å². The average molecular weight is 378 g/mol. The first-order valence-electron chi connectivity index (χ1n) is 9.80. The number of anilines is 3. The van der Waals surface area contributed by atoms with E-state index in [-0.39, 0.29) is 24.2 Å². The maximum atomic E-state index is 12.7. The lowest BCUT2D eigenvalue weighted by molar-refractivity contribution is -0.122. The second-order valence-electron chi connectivity index (χ2n) is 7.57. The van der Waals surface area contributed by atoms with Crippen LogP contribution >= 0.6 is 0 Å². The molecule has 6 nitrogen and oxygen atoms in total. The summed E-state index contributed by atoms with van der Waals surface area (Å²) in [5.74, 6) is -0.430. The smallest absolute Gasteiger partial charge is 0.229 e. The number of piperazine rings is 1. The van der Waals surface area contributed by atoms with E-state index < -0.39 is 0 Å². The zero-order valence-corrected chi connectivity index (χ0v) is 16.2. The van der Waals surface area contributed by atoms with E-state index in [1.54, 1.807) is 4.90 Å². The molecule has 2 fully saturated rings. The van der Waals surface area contributed by atoms with E-state index in [0.29, 0.717) is 6.54 Å². The quantitative estimate of drug-likeness (QED) is 0.888. The summed E-state index contributed by atoms with van der Waals surface area (Å²) < 4.78 is 0. The van der Waals surface area contributed by atoms with Crippen molar-refractivity contribution in [1.82, 2.24) is 4.90 Å². The van der Waals surface area contributed by atoms with Gasteiger partial charge < -0.3 is 20.0 Å². The van der Waals surface area contributed by atoms with Crippen LogP contribution < -0.4 is 15.1 Å². The molecule has 0 bridgehead atoms. The van der Waals surface area contributed by atoms with Gasteiger partial charge in [0.2, 0.25) is 11.8 Å². The van der Waals surface area contributed by atoms with Crippen molar-refractivity contribution in [3.63, 3.8) is 0 Å². The number of benzene rings is 2. The highest BCUT2D eigenvalue weighted by Gasteiger charge is 2.35. The van der Waals surface area contributed by atoms with Gasteiger partial charge in [-0.15, -0.1) is 0 Å². The maximum Gasteiger partial charge on any atom is 0.229 e. The first kappa shape index (κ1) is 18.5. The highest BCUT2D eigenvalue weighted by atomic mass is 16.2. The summed E-state index contributed by atoms with van der Waals surface area (Å²) >= 11 is 0. The minimum atomic E-state index is -0.329. The molecule has 2 aromatic carbocycles. The fourth-order valence-electron chi connectivity index (χ4n) is 3.81. The van der Waals surface area contributed by atoms with Crippen molar-refractivity contribution in [2.75, 3.05) is 54.9 Å². The molecular weight excluding hydrogens is 352 g/mol. The third-order valence-corrected chi connectivity index (χ3v) is 5.57. The van der Waals surface area contributed by atoms with Crippen molar-refractivity contribution in [2.24, 2.45) is 5.92 Å². The standard InChI is InChI=1S/C22H26N4O2/c1-24-11-13-25(14-12-24)19-9-7-18(8-10-19)23-22(28)17-15-21(27)26(16-17)20-5-3-2-4-6-20/h2-10,17H,11-16H2,1H3,(H,23,28). The van der Waals surface area contributed by atoms with Crippen molar-refractivity contribution in [3.05, 3.63) is 54.6 Å². The van der Waals surface area contributed by atoms with Gasteiger partial charge in [0, 0.05) is 56.2 Å². The molecule has 0 aromatic heterocycles. The zero-order valence-electron chi connectivity index (χ0n) is 16.2. The van der Waals surface area contributed by atoms with Gasteiger partial charge in [0.15, 0.2) is 0 Å². The van der Waals surface area contributed by atoms with Gasteiger partial charge in [0.05, 0.1) is 5.92 Å². The van der Waals surface area contributed by atoms with Crippen LogP contribution in [0.4, 0.5) is 17.1 Å². The lowest BCUT2D eigenvalue weighted by atomic mass is 10.1. The number of hydrogen-bond donors (Lipinski definition) is 1. The van der Waals surface area contributed by atoms with Gasteiger partial charge in [-0.05, 0) is 43.4 Å². The Morgan fingerprint density at radius 2 is 1.61 bits per heavy atom. The Bertz CT molecular complexity index is 829. The molecule has 0 saturated carbocycles. The Labute approximate surface area is 165 Å². The van der Waals surface area contributed by atoms with Crippen molar-refractivity contribution >= 4 is 28.9 Å². The van der Waals surface area contributed by atoms with Crippen molar-refractivity contribution in [2.45, 2.75) is 6.42 Å². The van der Waals surface area contributed by atoms with E-state index >= 15 is 0 Å². The molecule has 2 aliphatic rings. The number of carbonyl (C=O) groups is 2. The number of nitrogens with one attached hydrogen (secondary N) is 1. The van der Waals surface area contributed by atoms with E-state index in [1.165, 1.54) is 5.69 Å². The van der Waals surface area contributed by atoms with E-state index in [1.807, 2.05) is 42.5 Å². The van der Waals surface area contributed by atoms with Gasteiger partial charge >= 0.3 is 0 Å². The minimum Gasteiger partial charge on any atom is -0.369 e. The molecule has 1 N–H and O–H groups in total. The zero-order chi connectivity index (χ0) is 19.5. The highest BCUT2D eigenvalue weighted by molar-refractivity contribution is 6.03. The first-order chi connectivity index (χ1) is 13.6. The predicted octanol–water partition coefficient (Wildman–Crippen LogP) is 2.43. The predicted molar refractivity (Wildman–Crippen MR) is 112 cm³/mol. The van der Waals surface area contributed by atoms with Crippen LogP contribution in [-0.2, 0) is 9.59 Å². The van der Waals surface area contributed by atoms with E-state index in [2.05, 4.69) is 34.3 Å². The molecule has 4 rings (SSSR count). The summed E-state index contributed by atoms with van der Waals surface area (Å²) in [5, 5.41) is 2.97. The molecule has 2 heterocycles. The largest absolute Gasteiger partial charge is 0.369 e. The van der Waals surface area contributed by atoms with Crippen LogP contribution in [0.5, 0.6) is 0 Å². The number of hydrogen-bond acceptors (Lipinski definition) is 4. The Morgan fingerprint density at radius 3 is 2.29 bits per heavy atom. The Hall–Kier alpha value is -2.86. The molecule has 6 heteroatoms. The maximum absolute atomic E-state index is 12.7. The number of nitrogens with zero attached hydrogens (tertiary/aromatic N) is 3. The van der Waals surface area contributed by atoms with Crippen LogP contribution in [0.1, 0.15) is 6.42 Å². The van der Waals surface area contributed by atoms with Crippen LogP contribution in [0, 0.1) is 5.92 Å². The normalized spacial score (nSPS) is 20.5. The van der Waals surface area contributed by atoms with Gasteiger partial charge in [-0.1, -0.05) is 18.2 Å². The summed E-state index contributed by atoms with van der Waals surface area (Å²) in [7, 11) is 2.14. The van der Waals surface area contributed by atoms with E-state index in [0.717, 1.165) is 37.6 Å². The topological polar surface area (TPSA) is 55.9 Å². The molecule has 0 aliphatic carbocycles. The molecule has 2 saturated heterocycles. The number of rotatable bonds is 4. The molecule has 1 unspecified atom stereocenters. The number of para-hydroxylation sites is 1.